The van der Waals surface area contributed by atoms with Crippen molar-refractivity contribution in [1.82, 2.24) is 14.8 Å². The highest BCUT2D eigenvalue weighted by molar-refractivity contribution is 5.35. The third kappa shape index (κ3) is 2.28. The van der Waals surface area contributed by atoms with Crippen LogP contribution < -0.4 is 5.73 Å². The molecule has 2 aromatic heterocycles. The lowest BCUT2D eigenvalue weighted by atomic mass is 10.3. The molecule has 7 heteroatoms. The van der Waals surface area contributed by atoms with Crippen molar-refractivity contribution in [2.24, 2.45) is 5.73 Å². The van der Waals surface area contributed by atoms with Crippen molar-refractivity contribution in [2.75, 3.05) is 0 Å². The molecule has 0 saturated heterocycles. The lowest BCUT2D eigenvalue weighted by molar-refractivity contribution is -0.141. The van der Waals surface area contributed by atoms with Crippen LogP contribution in [0.3, 0.4) is 0 Å². The Labute approximate surface area is 94.9 Å². The van der Waals surface area contributed by atoms with E-state index in [0.29, 0.717) is 11.4 Å². The zero-order valence-corrected chi connectivity index (χ0v) is 8.65. The summed E-state index contributed by atoms with van der Waals surface area (Å²) in [5, 5.41) is 3.46. The molecule has 0 aliphatic carbocycles. The minimum absolute atomic E-state index is 0.136. The van der Waals surface area contributed by atoms with Gasteiger partial charge in [-0.1, -0.05) is 0 Å². The van der Waals surface area contributed by atoms with Gasteiger partial charge in [-0.3, -0.25) is 4.98 Å². The van der Waals surface area contributed by atoms with Gasteiger partial charge in [0.15, 0.2) is 5.69 Å². The third-order valence-electron chi connectivity index (χ3n) is 2.19. The summed E-state index contributed by atoms with van der Waals surface area (Å²) >= 11 is 0. The summed E-state index contributed by atoms with van der Waals surface area (Å²) in [7, 11) is 0. The van der Waals surface area contributed by atoms with E-state index in [-0.39, 0.29) is 6.54 Å². The topological polar surface area (TPSA) is 56.7 Å². The van der Waals surface area contributed by atoms with Gasteiger partial charge in [0.05, 0.1) is 11.4 Å². The van der Waals surface area contributed by atoms with Crippen molar-refractivity contribution in [1.29, 1.82) is 0 Å². The molecule has 0 amide bonds. The number of hydrogen-bond donors (Lipinski definition) is 1. The van der Waals surface area contributed by atoms with Gasteiger partial charge in [-0.15, -0.1) is 0 Å². The smallest absolute Gasteiger partial charge is 0.325 e. The molecule has 2 heterocycles. The number of nitrogens with two attached hydrogens (primary N) is 1. The Kier molecular flexibility index (Phi) is 2.84. The molecule has 17 heavy (non-hydrogen) atoms. The van der Waals surface area contributed by atoms with E-state index in [9.17, 15) is 13.2 Å². The third-order valence-corrected chi connectivity index (χ3v) is 2.19. The number of rotatable bonds is 2. The molecule has 0 atom stereocenters. The van der Waals surface area contributed by atoms with Crippen LogP contribution in [0, 0.1) is 0 Å². The fourth-order valence-corrected chi connectivity index (χ4v) is 1.40. The molecule has 0 fully saturated rings. The van der Waals surface area contributed by atoms with Gasteiger partial charge in [0.2, 0.25) is 0 Å². The summed E-state index contributed by atoms with van der Waals surface area (Å²) < 4.78 is 38.3. The van der Waals surface area contributed by atoms with E-state index in [1.54, 1.807) is 12.1 Å². The average molecular weight is 242 g/mol. The van der Waals surface area contributed by atoms with E-state index in [0.717, 1.165) is 10.7 Å². The minimum atomic E-state index is -4.45. The predicted molar refractivity (Wildman–Crippen MR) is 54.3 cm³/mol. The second-order valence-electron chi connectivity index (χ2n) is 3.32. The maximum Gasteiger partial charge on any atom is 0.435 e. The lowest BCUT2D eigenvalue weighted by Crippen LogP contribution is -2.10. The van der Waals surface area contributed by atoms with Gasteiger partial charge in [-0.05, 0) is 18.2 Å². The zero-order valence-electron chi connectivity index (χ0n) is 8.65. The number of alkyl halides is 3. The average Bonchev–Trinajstić information content (AvgIpc) is 2.77. The Hall–Kier alpha value is -1.89. The molecule has 4 nitrogen and oxygen atoms in total. The Morgan fingerprint density at radius 2 is 2.06 bits per heavy atom. The van der Waals surface area contributed by atoms with E-state index in [1.807, 2.05) is 0 Å². The lowest BCUT2D eigenvalue weighted by Gasteiger charge is -2.06. The van der Waals surface area contributed by atoms with Gasteiger partial charge < -0.3 is 5.73 Å². The molecular weight excluding hydrogens is 233 g/mol. The Morgan fingerprint density at radius 3 is 2.65 bits per heavy atom. The van der Waals surface area contributed by atoms with E-state index in [1.165, 1.54) is 12.4 Å². The standard InChI is InChI=1S/C10H9F3N4/c11-10(12,13)9-3-5-17(16-9)8-2-1-4-15-7(8)6-14/h1-5H,6,14H2. The van der Waals surface area contributed by atoms with Gasteiger partial charge >= 0.3 is 6.18 Å². The van der Waals surface area contributed by atoms with Crippen LogP contribution in [0.15, 0.2) is 30.6 Å². The van der Waals surface area contributed by atoms with Crippen molar-refractivity contribution in [3.63, 3.8) is 0 Å². The van der Waals surface area contributed by atoms with Gasteiger partial charge in [0.25, 0.3) is 0 Å². The monoisotopic (exact) mass is 242 g/mol. The molecule has 0 aliphatic heterocycles. The molecule has 0 bridgehead atoms. The molecule has 0 aliphatic rings. The maximum atomic E-state index is 12.4. The summed E-state index contributed by atoms with van der Waals surface area (Å²) in [6, 6.07) is 4.14. The van der Waals surface area contributed by atoms with Crippen LogP contribution in [0.1, 0.15) is 11.4 Å². The first-order chi connectivity index (χ1) is 8.02. The molecule has 0 aromatic carbocycles. The number of aromatic nitrogens is 3. The number of halogens is 3. The normalized spacial score (nSPS) is 11.8. The van der Waals surface area contributed by atoms with Gasteiger partial charge in [0.1, 0.15) is 0 Å². The van der Waals surface area contributed by atoms with Crippen LogP contribution in [-0.4, -0.2) is 14.8 Å². The summed E-state index contributed by atoms with van der Waals surface area (Å²) in [6.07, 6.45) is -1.69. The second kappa shape index (κ2) is 4.17. The minimum Gasteiger partial charge on any atom is -0.325 e. The van der Waals surface area contributed by atoms with Crippen molar-refractivity contribution >= 4 is 0 Å². The fourth-order valence-electron chi connectivity index (χ4n) is 1.40. The first-order valence-electron chi connectivity index (χ1n) is 4.79. The molecule has 0 unspecified atom stereocenters. The van der Waals surface area contributed by atoms with Crippen molar-refractivity contribution in [2.45, 2.75) is 12.7 Å². The largest absolute Gasteiger partial charge is 0.435 e. The quantitative estimate of drug-likeness (QED) is 0.872. The molecule has 2 aromatic rings. The SMILES string of the molecule is NCc1ncccc1-n1ccc(C(F)(F)F)n1. The molecule has 0 saturated carbocycles. The number of hydrogen-bond acceptors (Lipinski definition) is 3. The van der Waals surface area contributed by atoms with Crippen molar-refractivity contribution in [3.05, 3.63) is 42.0 Å². The Bertz CT molecular complexity index is 518. The Morgan fingerprint density at radius 1 is 1.29 bits per heavy atom. The molecule has 0 spiro atoms. The number of nitrogens with zero attached hydrogens (tertiary/aromatic N) is 3. The van der Waals surface area contributed by atoms with Crippen molar-refractivity contribution in [3.8, 4) is 5.69 Å². The van der Waals surface area contributed by atoms with E-state index in [4.69, 9.17) is 5.73 Å². The van der Waals surface area contributed by atoms with Crippen LogP contribution >= 0.6 is 0 Å². The van der Waals surface area contributed by atoms with Crippen LogP contribution in [0.2, 0.25) is 0 Å². The first kappa shape index (κ1) is 11.6. The highest BCUT2D eigenvalue weighted by atomic mass is 19.4. The molecule has 2 rings (SSSR count). The highest BCUT2D eigenvalue weighted by Crippen LogP contribution is 2.28. The summed E-state index contributed by atoms with van der Waals surface area (Å²) in [6.45, 7) is 0.136. The molecule has 0 radical (unpaired) electrons. The molecule has 90 valence electrons. The van der Waals surface area contributed by atoms with Gasteiger partial charge in [-0.25, -0.2) is 4.68 Å². The van der Waals surface area contributed by atoms with Crippen molar-refractivity contribution < 1.29 is 13.2 Å². The van der Waals surface area contributed by atoms with Crippen LogP contribution in [-0.2, 0) is 12.7 Å². The predicted octanol–water partition coefficient (Wildman–Crippen LogP) is 1.74. The number of pyridine rings is 1. The highest BCUT2D eigenvalue weighted by Gasteiger charge is 2.33. The van der Waals surface area contributed by atoms with Gasteiger partial charge in [-0.2, -0.15) is 18.3 Å². The maximum absolute atomic E-state index is 12.4. The van der Waals surface area contributed by atoms with Crippen LogP contribution in [0.5, 0.6) is 0 Å². The van der Waals surface area contributed by atoms with Crippen LogP contribution in [0.25, 0.3) is 5.69 Å². The van der Waals surface area contributed by atoms with E-state index < -0.39 is 11.9 Å². The zero-order chi connectivity index (χ0) is 12.5. The van der Waals surface area contributed by atoms with E-state index in [2.05, 4.69) is 10.1 Å². The Balaban J connectivity index is 2.44. The van der Waals surface area contributed by atoms with Gasteiger partial charge in [0, 0.05) is 18.9 Å². The first-order valence-corrected chi connectivity index (χ1v) is 4.79. The summed E-state index contributed by atoms with van der Waals surface area (Å²) in [5.41, 5.74) is 5.45. The molecule has 2 N–H and O–H groups in total. The molecular formula is C10H9F3N4. The van der Waals surface area contributed by atoms with E-state index >= 15 is 0 Å². The summed E-state index contributed by atoms with van der Waals surface area (Å²) in [4.78, 5) is 3.98. The second-order valence-corrected chi connectivity index (χ2v) is 3.32. The summed E-state index contributed by atoms with van der Waals surface area (Å²) in [5.74, 6) is 0. The van der Waals surface area contributed by atoms with Crippen LogP contribution in [0.4, 0.5) is 13.2 Å². The fraction of sp³-hybridized carbons (Fsp3) is 0.200.